The van der Waals surface area contributed by atoms with Crippen molar-refractivity contribution in [1.82, 2.24) is 15.6 Å². The molecule has 1 aromatic heterocycles. The molecule has 0 amide bonds. The molecule has 2 rings (SSSR count). The third kappa shape index (κ3) is 8.56. The zero-order chi connectivity index (χ0) is 17.4. The van der Waals surface area contributed by atoms with Gasteiger partial charge in [-0.3, -0.25) is 4.99 Å². The van der Waals surface area contributed by atoms with Gasteiger partial charge in [0.2, 0.25) is 5.88 Å². The van der Waals surface area contributed by atoms with Crippen LogP contribution in [0.1, 0.15) is 18.4 Å². The van der Waals surface area contributed by atoms with Gasteiger partial charge in [-0.15, -0.1) is 24.0 Å². The Morgan fingerprint density at radius 3 is 2.88 bits per heavy atom. The molecule has 1 aliphatic heterocycles. The van der Waals surface area contributed by atoms with Gasteiger partial charge in [-0.2, -0.15) is 13.2 Å². The first-order valence-electron chi connectivity index (χ1n) is 7.67. The predicted molar refractivity (Wildman–Crippen MR) is 98.4 cm³/mol. The third-order valence-electron chi connectivity index (χ3n) is 3.39. The monoisotopic (exact) mass is 474 g/mol. The second-order valence-corrected chi connectivity index (χ2v) is 5.35. The predicted octanol–water partition coefficient (Wildman–Crippen LogP) is 2.48. The highest BCUT2D eigenvalue weighted by molar-refractivity contribution is 14.0. The molecule has 0 radical (unpaired) electrons. The Balaban J connectivity index is 0.00000312. The van der Waals surface area contributed by atoms with Crippen LogP contribution < -0.4 is 15.4 Å². The maximum absolute atomic E-state index is 12.2. The number of rotatable bonds is 6. The van der Waals surface area contributed by atoms with Crippen LogP contribution >= 0.6 is 24.0 Å². The van der Waals surface area contributed by atoms with E-state index in [0.717, 1.165) is 25.0 Å². The van der Waals surface area contributed by atoms with Gasteiger partial charge in [0, 0.05) is 39.0 Å². The number of aromatic nitrogens is 1. The molecule has 1 saturated heterocycles. The molecule has 25 heavy (non-hydrogen) atoms. The van der Waals surface area contributed by atoms with Crippen molar-refractivity contribution < 1.29 is 22.6 Å². The van der Waals surface area contributed by atoms with Crippen LogP contribution in [0.4, 0.5) is 13.2 Å². The number of aliphatic imine (C=N–C) groups is 1. The summed E-state index contributed by atoms with van der Waals surface area (Å²) in [5.74, 6) is 0.536. The first kappa shape index (κ1) is 21.7. The third-order valence-corrected chi connectivity index (χ3v) is 3.39. The van der Waals surface area contributed by atoms with E-state index in [0.29, 0.717) is 19.0 Å². The molecule has 10 heteroatoms. The molecule has 2 N–H and O–H groups in total. The first-order valence-corrected chi connectivity index (χ1v) is 7.67. The number of nitrogens with one attached hydrogen (secondary N) is 2. The quantitative estimate of drug-likeness (QED) is 0.377. The highest BCUT2D eigenvalue weighted by Crippen LogP contribution is 2.17. The minimum atomic E-state index is -4.38. The Morgan fingerprint density at radius 2 is 2.24 bits per heavy atom. The smallest absolute Gasteiger partial charge is 0.422 e. The molecule has 1 unspecified atom stereocenters. The van der Waals surface area contributed by atoms with Crippen molar-refractivity contribution in [2.24, 2.45) is 4.99 Å². The van der Waals surface area contributed by atoms with E-state index < -0.39 is 12.8 Å². The summed E-state index contributed by atoms with van der Waals surface area (Å²) in [6.07, 6.45) is -0.702. The minimum Gasteiger partial charge on any atom is -0.468 e. The molecule has 0 spiro atoms. The van der Waals surface area contributed by atoms with Crippen LogP contribution in [-0.4, -0.2) is 50.0 Å². The molecule has 0 saturated carbocycles. The summed E-state index contributed by atoms with van der Waals surface area (Å²) in [4.78, 5) is 7.86. The minimum absolute atomic E-state index is 0. The molecular weight excluding hydrogens is 452 g/mol. The van der Waals surface area contributed by atoms with Gasteiger partial charge in [0.1, 0.15) is 0 Å². The van der Waals surface area contributed by atoms with E-state index in [1.165, 1.54) is 12.3 Å². The van der Waals surface area contributed by atoms with Gasteiger partial charge >= 0.3 is 6.18 Å². The van der Waals surface area contributed by atoms with Gasteiger partial charge in [0.25, 0.3) is 0 Å². The van der Waals surface area contributed by atoms with E-state index in [9.17, 15) is 13.2 Å². The highest BCUT2D eigenvalue weighted by atomic mass is 127. The van der Waals surface area contributed by atoms with Crippen molar-refractivity contribution in [1.29, 1.82) is 0 Å². The Kier molecular flexibility index (Phi) is 9.25. The topological polar surface area (TPSA) is 67.8 Å². The molecule has 1 atom stereocenters. The Labute approximate surface area is 161 Å². The summed E-state index contributed by atoms with van der Waals surface area (Å²) in [6, 6.07) is 3.16. The molecule has 0 bridgehead atoms. The van der Waals surface area contributed by atoms with Crippen LogP contribution in [0.15, 0.2) is 23.3 Å². The highest BCUT2D eigenvalue weighted by Gasteiger charge is 2.28. The van der Waals surface area contributed by atoms with Crippen molar-refractivity contribution in [3.8, 4) is 5.88 Å². The molecule has 0 aromatic carbocycles. The molecule has 1 aromatic rings. The summed E-state index contributed by atoms with van der Waals surface area (Å²) in [5, 5.41) is 6.25. The van der Waals surface area contributed by atoms with Crippen molar-refractivity contribution in [2.45, 2.75) is 31.7 Å². The number of ether oxygens (including phenoxy) is 2. The van der Waals surface area contributed by atoms with Crippen molar-refractivity contribution in [3.05, 3.63) is 23.9 Å². The van der Waals surface area contributed by atoms with Crippen LogP contribution in [0.3, 0.4) is 0 Å². The number of halogens is 4. The Hall–Kier alpha value is -1.30. The van der Waals surface area contributed by atoms with Crippen LogP contribution in [0.2, 0.25) is 0 Å². The normalized spacial score (nSPS) is 17.8. The van der Waals surface area contributed by atoms with Gasteiger partial charge in [-0.05, 0) is 24.5 Å². The average Bonchev–Trinajstić information content (AvgIpc) is 3.06. The molecule has 6 nitrogen and oxygen atoms in total. The zero-order valence-electron chi connectivity index (χ0n) is 13.8. The number of hydrogen-bond acceptors (Lipinski definition) is 4. The van der Waals surface area contributed by atoms with Crippen LogP contribution in [-0.2, 0) is 11.3 Å². The fourth-order valence-electron chi connectivity index (χ4n) is 2.22. The van der Waals surface area contributed by atoms with Gasteiger partial charge in [0.15, 0.2) is 12.6 Å². The van der Waals surface area contributed by atoms with Crippen molar-refractivity contribution in [2.75, 3.05) is 26.8 Å². The number of guanidine groups is 1. The lowest BCUT2D eigenvalue weighted by atomic mass is 10.2. The molecular formula is C15H22F3IN4O2. The standard InChI is InChI=1S/C15H21F3N4O2.HI/c1-19-14(22-9-12-3-2-6-23-12)21-8-11-4-5-20-13(7-11)24-10-15(16,17)18;/h4-5,7,12H,2-3,6,8-10H2,1H3,(H2,19,21,22);1H. The van der Waals surface area contributed by atoms with E-state index in [1.807, 2.05) is 0 Å². The molecule has 1 fully saturated rings. The SMILES string of the molecule is CN=C(NCc1ccnc(OCC(F)(F)F)c1)NCC1CCCO1.I. The summed E-state index contributed by atoms with van der Waals surface area (Å²) >= 11 is 0. The molecule has 2 heterocycles. The van der Waals surface area contributed by atoms with Gasteiger partial charge < -0.3 is 20.1 Å². The Bertz CT molecular complexity index is 552. The molecule has 0 aliphatic carbocycles. The summed E-state index contributed by atoms with van der Waals surface area (Å²) in [6.45, 7) is 0.476. The van der Waals surface area contributed by atoms with E-state index in [4.69, 9.17) is 4.74 Å². The van der Waals surface area contributed by atoms with Gasteiger partial charge in [0.05, 0.1) is 6.10 Å². The van der Waals surface area contributed by atoms with Gasteiger partial charge in [-0.25, -0.2) is 4.98 Å². The second-order valence-electron chi connectivity index (χ2n) is 5.35. The number of pyridine rings is 1. The van der Waals surface area contributed by atoms with Crippen LogP contribution in [0.5, 0.6) is 5.88 Å². The van der Waals surface area contributed by atoms with Crippen molar-refractivity contribution in [3.63, 3.8) is 0 Å². The maximum atomic E-state index is 12.2. The number of nitrogens with zero attached hydrogens (tertiary/aromatic N) is 2. The van der Waals surface area contributed by atoms with Crippen molar-refractivity contribution >= 4 is 29.9 Å². The second kappa shape index (κ2) is 10.6. The molecule has 1 aliphatic rings. The van der Waals surface area contributed by atoms with Gasteiger partial charge in [-0.1, -0.05) is 0 Å². The molecule has 142 valence electrons. The van der Waals surface area contributed by atoms with E-state index >= 15 is 0 Å². The number of alkyl halides is 3. The van der Waals surface area contributed by atoms with Crippen LogP contribution in [0.25, 0.3) is 0 Å². The number of hydrogen-bond donors (Lipinski definition) is 2. The van der Waals surface area contributed by atoms with E-state index in [-0.39, 0.29) is 36.0 Å². The first-order chi connectivity index (χ1) is 11.5. The van der Waals surface area contributed by atoms with E-state index in [2.05, 4.69) is 25.3 Å². The maximum Gasteiger partial charge on any atom is 0.422 e. The lowest BCUT2D eigenvalue weighted by Gasteiger charge is -2.15. The summed E-state index contributed by atoms with van der Waals surface area (Å²) in [5.41, 5.74) is 0.738. The Morgan fingerprint density at radius 1 is 1.44 bits per heavy atom. The summed E-state index contributed by atoms with van der Waals surface area (Å²) < 4.78 is 46.6. The largest absolute Gasteiger partial charge is 0.468 e. The fourth-order valence-corrected chi connectivity index (χ4v) is 2.22. The van der Waals surface area contributed by atoms with Crippen LogP contribution in [0, 0.1) is 0 Å². The van der Waals surface area contributed by atoms with E-state index in [1.54, 1.807) is 13.1 Å². The lowest BCUT2D eigenvalue weighted by molar-refractivity contribution is -0.154. The summed E-state index contributed by atoms with van der Waals surface area (Å²) in [7, 11) is 1.65. The average molecular weight is 474 g/mol. The lowest BCUT2D eigenvalue weighted by Crippen LogP contribution is -2.40. The zero-order valence-corrected chi connectivity index (χ0v) is 16.1. The fraction of sp³-hybridized carbons (Fsp3) is 0.600.